The van der Waals surface area contributed by atoms with Crippen LogP contribution in [0.3, 0.4) is 0 Å². The summed E-state index contributed by atoms with van der Waals surface area (Å²) in [4.78, 5) is 24.0. The molecule has 2 aromatic rings. The number of methoxy groups -OCH3 is 1. The Hall–Kier alpha value is -2.24. The summed E-state index contributed by atoms with van der Waals surface area (Å²) in [5.74, 6) is -0.508. The minimum Gasteiger partial charge on any atom is -0.497 e. The number of hydrogen-bond donors (Lipinski definition) is 1. The minimum atomic E-state index is -0.605. The van der Waals surface area contributed by atoms with Gasteiger partial charge in [0.05, 0.1) is 18.7 Å². The number of esters is 1. The zero-order valence-corrected chi connectivity index (χ0v) is 15.2. The Labute approximate surface area is 155 Å². The first kappa shape index (κ1) is 19.1. The highest BCUT2D eigenvalue weighted by Gasteiger charge is 2.15. The van der Waals surface area contributed by atoms with Crippen LogP contribution < -0.4 is 10.1 Å². The zero-order valence-electron chi connectivity index (χ0n) is 13.7. The number of rotatable bonds is 6. The molecule has 5 nitrogen and oxygen atoms in total. The molecule has 1 unspecified atom stereocenters. The van der Waals surface area contributed by atoms with Crippen molar-refractivity contribution >= 4 is 35.1 Å². The highest BCUT2D eigenvalue weighted by molar-refractivity contribution is 6.35. The second-order valence-corrected chi connectivity index (χ2v) is 6.11. The lowest BCUT2D eigenvalue weighted by Gasteiger charge is -2.16. The van der Waals surface area contributed by atoms with Crippen LogP contribution in [-0.2, 0) is 9.53 Å². The van der Waals surface area contributed by atoms with Crippen LogP contribution >= 0.6 is 23.2 Å². The molecule has 0 radical (unpaired) electrons. The van der Waals surface area contributed by atoms with Gasteiger partial charge in [-0.25, -0.2) is 4.79 Å². The summed E-state index contributed by atoms with van der Waals surface area (Å²) in [6.07, 6.45) is 0. The van der Waals surface area contributed by atoms with Gasteiger partial charge in [0.15, 0.2) is 6.61 Å². The first-order valence-electron chi connectivity index (χ1n) is 7.46. The fourth-order valence-corrected chi connectivity index (χ4v) is 2.75. The lowest BCUT2D eigenvalue weighted by Crippen LogP contribution is -2.31. The third-order valence-electron chi connectivity index (χ3n) is 3.45. The van der Waals surface area contributed by atoms with E-state index in [0.29, 0.717) is 21.4 Å². The average molecular weight is 382 g/mol. The van der Waals surface area contributed by atoms with Crippen molar-refractivity contribution in [2.75, 3.05) is 13.7 Å². The molecule has 0 saturated heterocycles. The molecule has 1 N–H and O–H groups in total. The van der Waals surface area contributed by atoms with Crippen LogP contribution in [0.15, 0.2) is 42.5 Å². The summed E-state index contributed by atoms with van der Waals surface area (Å²) in [6, 6.07) is 11.2. The SMILES string of the molecule is COc1cccc(C(=O)OCC(=O)NC(C)c2ccc(Cl)cc2Cl)c1. The van der Waals surface area contributed by atoms with Gasteiger partial charge in [-0.15, -0.1) is 0 Å². The molecule has 0 heterocycles. The number of benzene rings is 2. The molecule has 0 saturated carbocycles. The van der Waals surface area contributed by atoms with Crippen molar-refractivity contribution in [2.45, 2.75) is 13.0 Å². The number of nitrogens with one attached hydrogen (secondary N) is 1. The van der Waals surface area contributed by atoms with Gasteiger partial charge in [0.1, 0.15) is 5.75 Å². The topological polar surface area (TPSA) is 64.6 Å². The molecule has 0 aliphatic carbocycles. The summed E-state index contributed by atoms with van der Waals surface area (Å²) >= 11 is 12.0. The van der Waals surface area contributed by atoms with Crippen molar-refractivity contribution in [1.82, 2.24) is 5.32 Å². The molecular weight excluding hydrogens is 365 g/mol. The van der Waals surface area contributed by atoms with Gasteiger partial charge in [-0.3, -0.25) is 4.79 Å². The molecule has 0 bridgehead atoms. The second-order valence-electron chi connectivity index (χ2n) is 5.26. The summed E-state index contributed by atoms with van der Waals surface area (Å²) in [5, 5.41) is 3.68. The fraction of sp³-hybridized carbons (Fsp3) is 0.222. The Morgan fingerprint density at radius 2 is 1.92 bits per heavy atom. The summed E-state index contributed by atoms with van der Waals surface area (Å²) in [7, 11) is 1.50. The van der Waals surface area contributed by atoms with Crippen LogP contribution in [-0.4, -0.2) is 25.6 Å². The van der Waals surface area contributed by atoms with Gasteiger partial charge >= 0.3 is 5.97 Å². The Morgan fingerprint density at radius 3 is 2.60 bits per heavy atom. The maximum atomic E-state index is 12.0. The van der Waals surface area contributed by atoms with E-state index in [1.807, 2.05) is 0 Å². The molecular formula is C18H17Cl2NO4. The predicted molar refractivity (Wildman–Crippen MR) is 96.3 cm³/mol. The molecule has 2 rings (SSSR count). The predicted octanol–water partition coefficient (Wildman–Crippen LogP) is 4.04. The van der Waals surface area contributed by atoms with Crippen LogP contribution in [0.5, 0.6) is 5.75 Å². The molecule has 0 aliphatic rings. The van der Waals surface area contributed by atoms with E-state index in [0.717, 1.165) is 5.56 Å². The molecule has 0 aliphatic heterocycles. The summed E-state index contributed by atoms with van der Waals surface area (Å²) in [6.45, 7) is 1.38. The van der Waals surface area contributed by atoms with Gasteiger partial charge in [0.2, 0.25) is 0 Å². The van der Waals surface area contributed by atoms with E-state index >= 15 is 0 Å². The Kier molecular flexibility index (Phi) is 6.67. The molecule has 25 heavy (non-hydrogen) atoms. The zero-order chi connectivity index (χ0) is 18.4. The standard InChI is InChI=1S/C18H17Cl2NO4/c1-11(15-7-6-13(19)9-16(15)20)21-17(22)10-25-18(23)12-4-3-5-14(8-12)24-2/h3-9,11H,10H2,1-2H3,(H,21,22). The van der Waals surface area contributed by atoms with Crippen molar-refractivity contribution in [3.8, 4) is 5.75 Å². The van der Waals surface area contributed by atoms with Crippen LogP contribution in [0.1, 0.15) is 28.9 Å². The summed E-state index contributed by atoms with van der Waals surface area (Å²) in [5.41, 5.74) is 1.03. The van der Waals surface area contributed by atoms with E-state index in [-0.39, 0.29) is 6.04 Å². The van der Waals surface area contributed by atoms with Gasteiger partial charge in [0.25, 0.3) is 5.91 Å². The number of halogens is 2. The molecule has 0 spiro atoms. The smallest absolute Gasteiger partial charge is 0.338 e. The molecule has 2 aromatic carbocycles. The molecule has 1 amide bonds. The monoisotopic (exact) mass is 381 g/mol. The van der Waals surface area contributed by atoms with Crippen molar-refractivity contribution in [1.29, 1.82) is 0 Å². The third kappa shape index (κ3) is 5.37. The minimum absolute atomic E-state index is 0.306. The molecule has 132 valence electrons. The Balaban J connectivity index is 1.90. The van der Waals surface area contributed by atoms with E-state index in [1.165, 1.54) is 13.2 Å². The Morgan fingerprint density at radius 1 is 1.16 bits per heavy atom. The maximum Gasteiger partial charge on any atom is 0.338 e. The normalized spacial score (nSPS) is 11.5. The van der Waals surface area contributed by atoms with E-state index in [1.54, 1.807) is 43.3 Å². The van der Waals surface area contributed by atoms with Crippen LogP contribution in [0.4, 0.5) is 0 Å². The number of carbonyl (C=O) groups is 2. The van der Waals surface area contributed by atoms with Crippen LogP contribution in [0.25, 0.3) is 0 Å². The van der Waals surface area contributed by atoms with Crippen molar-refractivity contribution < 1.29 is 19.1 Å². The number of ether oxygens (including phenoxy) is 2. The van der Waals surface area contributed by atoms with Gasteiger partial charge < -0.3 is 14.8 Å². The lowest BCUT2D eigenvalue weighted by atomic mass is 10.1. The average Bonchev–Trinajstić information content (AvgIpc) is 2.59. The van der Waals surface area contributed by atoms with E-state index < -0.39 is 18.5 Å². The Bertz CT molecular complexity index is 779. The van der Waals surface area contributed by atoms with E-state index in [2.05, 4.69) is 5.32 Å². The van der Waals surface area contributed by atoms with Gasteiger partial charge in [0, 0.05) is 10.0 Å². The van der Waals surface area contributed by atoms with Crippen LogP contribution in [0, 0.1) is 0 Å². The highest BCUT2D eigenvalue weighted by atomic mass is 35.5. The number of carbonyl (C=O) groups excluding carboxylic acids is 2. The first-order valence-corrected chi connectivity index (χ1v) is 8.21. The maximum absolute atomic E-state index is 12.0. The molecule has 7 heteroatoms. The fourth-order valence-electron chi connectivity index (χ4n) is 2.18. The molecule has 0 fully saturated rings. The molecule has 0 aromatic heterocycles. The largest absolute Gasteiger partial charge is 0.497 e. The van der Waals surface area contributed by atoms with Gasteiger partial charge in [-0.2, -0.15) is 0 Å². The number of amides is 1. The van der Waals surface area contributed by atoms with Crippen molar-refractivity contribution in [3.05, 3.63) is 63.6 Å². The number of hydrogen-bond acceptors (Lipinski definition) is 4. The lowest BCUT2D eigenvalue weighted by molar-refractivity contribution is -0.124. The third-order valence-corrected chi connectivity index (χ3v) is 4.01. The second kappa shape index (κ2) is 8.74. The van der Waals surface area contributed by atoms with Crippen molar-refractivity contribution in [3.63, 3.8) is 0 Å². The highest BCUT2D eigenvalue weighted by Crippen LogP contribution is 2.26. The van der Waals surface area contributed by atoms with Crippen LogP contribution in [0.2, 0.25) is 10.0 Å². The van der Waals surface area contributed by atoms with E-state index in [9.17, 15) is 9.59 Å². The summed E-state index contributed by atoms with van der Waals surface area (Å²) < 4.78 is 10.1. The quantitative estimate of drug-likeness (QED) is 0.766. The van der Waals surface area contributed by atoms with Gasteiger partial charge in [-0.05, 0) is 42.8 Å². The van der Waals surface area contributed by atoms with Crippen molar-refractivity contribution in [2.24, 2.45) is 0 Å². The molecule has 1 atom stereocenters. The van der Waals surface area contributed by atoms with Gasteiger partial charge in [-0.1, -0.05) is 35.3 Å². The van der Waals surface area contributed by atoms with E-state index in [4.69, 9.17) is 32.7 Å². The first-order chi connectivity index (χ1) is 11.9.